The van der Waals surface area contributed by atoms with Crippen LogP contribution in [0.25, 0.3) is 10.9 Å². The maximum atomic E-state index is 12.9. The van der Waals surface area contributed by atoms with E-state index in [0.717, 1.165) is 10.9 Å². The molecule has 3 heterocycles. The molecule has 1 saturated heterocycles. The van der Waals surface area contributed by atoms with Gasteiger partial charge in [-0.3, -0.25) is 14.4 Å². The molecule has 1 fully saturated rings. The Morgan fingerprint density at radius 3 is 2.38 bits per heavy atom. The molecule has 2 aromatic heterocycles. The molecule has 4 rings (SSSR count). The maximum absolute atomic E-state index is 12.9. The second kappa shape index (κ2) is 7.46. The molecule has 0 unspecified atom stereocenters. The Balaban J connectivity index is 1.44. The Hall–Kier alpha value is -3.55. The van der Waals surface area contributed by atoms with Gasteiger partial charge in [0.05, 0.1) is 11.8 Å². The lowest BCUT2D eigenvalue weighted by molar-refractivity contribution is -0.136. The molecule has 150 valence electrons. The second-order valence-corrected chi connectivity index (χ2v) is 7.14. The monoisotopic (exact) mass is 395 g/mol. The molecule has 0 saturated carbocycles. The summed E-state index contributed by atoms with van der Waals surface area (Å²) in [5, 5.41) is 10.00. The number of para-hydroxylation sites is 1. The van der Waals surface area contributed by atoms with Crippen molar-refractivity contribution in [1.29, 1.82) is 0 Å². The third kappa shape index (κ3) is 3.61. The third-order valence-corrected chi connectivity index (χ3v) is 5.19. The summed E-state index contributed by atoms with van der Waals surface area (Å²) in [5.74, 6) is -1.25. The van der Waals surface area contributed by atoms with Crippen LogP contribution in [0.2, 0.25) is 0 Å². The van der Waals surface area contributed by atoms with Crippen LogP contribution in [0, 0.1) is 6.92 Å². The fraction of sp³-hybridized carbons (Fsp3) is 0.286. The average Bonchev–Trinajstić information content (AvgIpc) is 3.30. The molecule has 0 bridgehead atoms. The first-order valence-corrected chi connectivity index (χ1v) is 9.39. The van der Waals surface area contributed by atoms with Gasteiger partial charge in [-0.1, -0.05) is 18.2 Å². The summed E-state index contributed by atoms with van der Waals surface area (Å²) < 4.78 is 5.27. The Morgan fingerprint density at radius 2 is 1.72 bits per heavy atom. The lowest BCUT2D eigenvalue weighted by atomic mass is 10.1. The summed E-state index contributed by atoms with van der Waals surface area (Å²) in [5.41, 5.74) is 2.36. The molecule has 0 aliphatic carbocycles. The number of H-pyrrole nitrogens is 1. The minimum Gasteiger partial charge on any atom is -0.481 e. The molecule has 8 nitrogen and oxygen atoms in total. The van der Waals surface area contributed by atoms with Gasteiger partial charge in [-0.15, -0.1) is 0 Å². The molecule has 1 aromatic carbocycles. The van der Waals surface area contributed by atoms with Crippen LogP contribution in [-0.2, 0) is 11.2 Å². The zero-order valence-corrected chi connectivity index (χ0v) is 16.0. The number of piperazine rings is 1. The van der Waals surface area contributed by atoms with Gasteiger partial charge in [0.15, 0.2) is 0 Å². The number of aryl methyl sites for hydroxylation is 1. The van der Waals surface area contributed by atoms with Gasteiger partial charge in [0.25, 0.3) is 11.8 Å². The van der Waals surface area contributed by atoms with Crippen molar-refractivity contribution in [1.82, 2.24) is 14.8 Å². The molecule has 3 aromatic rings. The van der Waals surface area contributed by atoms with E-state index in [2.05, 4.69) is 4.98 Å². The van der Waals surface area contributed by atoms with E-state index in [1.165, 1.54) is 6.26 Å². The van der Waals surface area contributed by atoms with Crippen molar-refractivity contribution >= 4 is 28.7 Å². The van der Waals surface area contributed by atoms with Crippen molar-refractivity contribution in [3.8, 4) is 0 Å². The van der Waals surface area contributed by atoms with Crippen LogP contribution in [0.1, 0.15) is 32.2 Å². The molecular weight excluding hydrogens is 374 g/mol. The maximum Gasteiger partial charge on any atom is 0.311 e. The summed E-state index contributed by atoms with van der Waals surface area (Å²) in [6.07, 6.45) is 1.06. The number of carbonyl (C=O) groups is 3. The van der Waals surface area contributed by atoms with Gasteiger partial charge in [-0.2, -0.15) is 0 Å². The Morgan fingerprint density at radius 1 is 1.07 bits per heavy atom. The minimum absolute atomic E-state index is 0.0978. The molecule has 0 radical (unpaired) electrons. The lowest BCUT2D eigenvalue weighted by Gasteiger charge is -2.34. The van der Waals surface area contributed by atoms with E-state index in [4.69, 9.17) is 9.52 Å². The number of fused-ring (bicyclic) bond motifs is 1. The van der Waals surface area contributed by atoms with Gasteiger partial charge < -0.3 is 24.3 Å². The Labute approximate surface area is 166 Å². The second-order valence-electron chi connectivity index (χ2n) is 7.14. The van der Waals surface area contributed by atoms with Crippen molar-refractivity contribution in [2.75, 3.05) is 26.2 Å². The smallest absolute Gasteiger partial charge is 0.311 e. The number of aliphatic carboxylic acids is 1. The number of nitrogens with one attached hydrogen (secondary N) is 1. The fourth-order valence-electron chi connectivity index (χ4n) is 3.68. The molecular formula is C21H21N3O5. The predicted octanol–water partition coefficient (Wildman–Crippen LogP) is 2.29. The number of hydrogen-bond acceptors (Lipinski definition) is 4. The number of carboxylic acid groups (broad SMARTS) is 1. The number of aromatic nitrogens is 1. The van der Waals surface area contributed by atoms with Crippen LogP contribution in [0.3, 0.4) is 0 Å². The van der Waals surface area contributed by atoms with Gasteiger partial charge in [0, 0.05) is 42.6 Å². The van der Waals surface area contributed by atoms with E-state index in [-0.39, 0.29) is 24.0 Å². The van der Waals surface area contributed by atoms with Crippen LogP contribution in [0.15, 0.2) is 41.0 Å². The van der Waals surface area contributed by atoms with Crippen LogP contribution in [0.4, 0.5) is 0 Å². The standard InChI is InChI=1S/C21H21N3O5/c1-13-12-29-17(11-18(25)26)19(13)21(28)24-8-6-23(7-9-24)20(27)16-10-14-4-2-3-5-15(14)22-16/h2-5,10,12,22H,6-9,11H2,1H3,(H,25,26). The highest BCUT2D eigenvalue weighted by atomic mass is 16.4. The zero-order chi connectivity index (χ0) is 20.5. The molecule has 0 atom stereocenters. The molecule has 2 N–H and O–H groups in total. The van der Waals surface area contributed by atoms with E-state index >= 15 is 0 Å². The van der Waals surface area contributed by atoms with Crippen molar-refractivity contribution in [2.24, 2.45) is 0 Å². The molecule has 29 heavy (non-hydrogen) atoms. The summed E-state index contributed by atoms with van der Waals surface area (Å²) >= 11 is 0. The van der Waals surface area contributed by atoms with Gasteiger partial charge in [0.2, 0.25) is 0 Å². The van der Waals surface area contributed by atoms with E-state index in [1.54, 1.807) is 16.7 Å². The summed E-state index contributed by atoms with van der Waals surface area (Å²) in [6.45, 7) is 3.29. The van der Waals surface area contributed by atoms with E-state index < -0.39 is 5.97 Å². The highest BCUT2D eigenvalue weighted by molar-refractivity contribution is 5.99. The lowest BCUT2D eigenvalue weighted by Crippen LogP contribution is -2.50. The first kappa shape index (κ1) is 18.8. The number of aromatic amines is 1. The molecule has 2 amide bonds. The van der Waals surface area contributed by atoms with Crippen LogP contribution < -0.4 is 0 Å². The first-order valence-electron chi connectivity index (χ1n) is 9.39. The van der Waals surface area contributed by atoms with Gasteiger partial charge >= 0.3 is 5.97 Å². The largest absolute Gasteiger partial charge is 0.481 e. The van der Waals surface area contributed by atoms with Crippen molar-refractivity contribution in [2.45, 2.75) is 13.3 Å². The van der Waals surface area contributed by atoms with Crippen molar-refractivity contribution in [3.05, 3.63) is 59.2 Å². The third-order valence-electron chi connectivity index (χ3n) is 5.19. The van der Waals surface area contributed by atoms with Crippen LogP contribution in [0.5, 0.6) is 0 Å². The normalized spacial score (nSPS) is 14.4. The predicted molar refractivity (Wildman–Crippen MR) is 105 cm³/mol. The van der Waals surface area contributed by atoms with E-state index in [0.29, 0.717) is 43.0 Å². The first-order chi connectivity index (χ1) is 13.9. The summed E-state index contributed by atoms with van der Waals surface area (Å²) in [4.78, 5) is 43.2. The average molecular weight is 395 g/mol. The Kier molecular flexibility index (Phi) is 4.84. The summed E-state index contributed by atoms with van der Waals surface area (Å²) in [6, 6.07) is 9.54. The molecule has 0 spiro atoms. The number of nitrogens with zero attached hydrogens (tertiary/aromatic N) is 2. The number of amides is 2. The van der Waals surface area contributed by atoms with Crippen molar-refractivity contribution in [3.63, 3.8) is 0 Å². The highest BCUT2D eigenvalue weighted by Gasteiger charge is 2.29. The quantitative estimate of drug-likeness (QED) is 0.705. The molecule has 1 aliphatic heterocycles. The molecule has 8 heteroatoms. The topological polar surface area (TPSA) is 107 Å². The van der Waals surface area contributed by atoms with Crippen LogP contribution in [-0.4, -0.2) is 63.9 Å². The van der Waals surface area contributed by atoms with Crippen molar-refractivity contribution < 1.29 is 23.9 Å². The minimum atomic E-state index is -1.05. The van der Waals surface area contributed by atoms with Gasteiger partial charge in [-0.25, -0.2) is 0 Å². The fourth-order valence-corrected chi connectivity index (χ4v) is 3.68. The zero-order valence-electron chi connectivity index (χ0n) is 16.0. The number of hydrogen-bond donors (Lipinski definition) is 2. The van der Waals surface area contributed by atoms with Gasteiger partial charge in [0.1, 0.15) is 17.9 Å². The number of rotatable bonds is 4. The number of furan rings is 1. The molecule has 1 aliphatic rings. The van der Waals surface area contributed by atoms with E-state index in [1.807, 2.05) is 30.3 Å². The highest BCUT2D eigenvalue weighted by Crippen LogP contribution is 2.21. The number of carbonyl (C=O) groups excluding carboxylic acids is 2. The summed E-state index contributed by atoms with van der Waals surface area (Å²) in [7, 11) is 0. The SMILES string of the molecule is Cc1coc(CC(=O)O)c1C(=O)N1CCN(C(=O)c2cc3ccccc3[nH]2)CC1. The Bertz CT molecular complexity index is 1060. The number of benzene rings is 1. The van der Waals surface area contributed by atoms with E-state index in [9.17, 15) is 14.4 Å². The van der Waals surface area contributed by atoms with Gasteiger partial charge in [-0.05, 0) is 19.1 Å². The number of carboxylic acids is 1. The van der Waals surface area contributed by atoms with Crippen LogP contribution >= 0.6 is 0 Å².